The van der Waals surface area contributed by atoms with E-state index >= 15 is 0 Å². The summed E-state index contributed by atoms with van der Waals surface area (Å²) in [6, 6.07) is 4.68. The molecule has 1 aromatic carbocycles. The third-order valence-corrected chi connectivity index (χ3v) is 4.02. The maximum atomic E-state index is 13.2. The molecule has 0 radical (unpaired) electrons. The summed E-state index contributed by atoms with van der Waals surface area (Å²) in [6.07, 6.45) is 3.75. The maximum absolute atomic E-state index is 13.2. The van der Waals surface area contributed by atoms with Crippen LogP contribution < -0.4 is 5.32 Å². The van der Waals surface area contributed by atoms with Crippen LogP contribution in [0.15, 0.2) is 18.2 Å². The monoisotopic (exact) mass is 268 g/mol. The Morgan fingerprint density at radius 1 is 1.32 bits per heavy atom. The van der Waals surface area contributed by atoms with Gasteiger partial charge in [-0.05, 0) is 51.1 Å². The number of piperidine rings is 1. The zero-order valence-electron chi connectivity index (χ0n) is 11.6. The fraction of sp³-hybridized carbons (Fsp3) is 0.600. The van der Waals surface area contributed by atoms with Crippen molar-refractivity contribution in [1.82, 2.24) is 10.2 Å². The topological polar surface area (TPSA) is 15.3 Å². The van der Waals surface area contributed by atoms with Gasteiger partial charge in [-0.25, -0.2) is 8.78 Å². The third kappa shape index (κ3) is 3.74. The first kappa shape index (κ1) is 14.4. The minimum Gasteiger partial charge on any atom is -0.309 e. The molecule has 0 bridgehead atoms. The molecule has 2 unspecified atom stereocenters. The van der Waals surface area contributed by atoms with Gasteiger partial charge in [0.15, 0.2) is 11.6 Å². The van der Waals surface area contributed by atoms with Crippen LogP contribution in [0.5, 0.6) is 0 Å². The Morgan fingerprint density at radius 3 is 2.79 bits per heavy atom. The van der Waals surface area contributed by atoms with E-state index in [1.807, 2.05) is 6.92 Å². The van der Waals surface area contributed by atoms with Gasteiger partial charge >= 0.3 is 0 Å². The molecule has 0 saturated carbocycles. The highest BCUT2D eigenvalue weighted by atomic mass is 19.2. The molecule has 0 aromatic heterocycles. The summed E-state index contributed by atoms with van der Waals surface area (Å²) in [6.45, 7) is 4.01. The molecule has 2 rings (SSSR count). The van der Waals surface area contributed by atoms with Crippen molar-refractivity contribution in [3.63, 3.8) is 0 Å². The third-order valence-electron chi connectivity index (χ3n) is 4.02. The van der Waals surface area contributed by atoms with Crippen LogP contribution in [-0.4, -0.2) is 31.1 Å². The van der Waals surface area contributed by atoms with Crippen LogP contribution in [0.2, 0.25) is 0 Å². The zero-order valence-corrected chi connectivity index (χ0v) is 11.6. The van der Waals surface area contributed by atoms with Gasteiger partial charge in [0, 0.05) is 18.6 Å². The van der Waals surface area contributed by atoms with Crippen LogP contribution >= 0.6 is 0 Å². The lowest BCUT2D eigenvalue weighted by atomic mass is 10.0. The van der Waals surface area contributed by atoms with Crippen molar-refractivity contribution >= 4 is 0 Å². The number of likely N-dealkylation sites (N-methyl/N-ethyl adjacent to an activating group) is 1. The highest BCUT2D eigenvalue weighted by Gasteiger charge is 2.19. The van der Waals surface area contributed by atoms with E-state index in [0.717, 1.165) is 18.7 Å². The summed E-state index contributed by atoms with van der Waals surface area (Å²) >= 11 is 0. The lowest BCUT2D eigenvalue weighted by Gasteiger charge is -2.33. The van der Waals surface area contributed by atoms with Crippen molar-refractivity contribution in [2.24, 2.45) is 0 Å². The molecular weight excluding hydrogens is 246 g/mol. The SMILES string of the molecule is CC(NCC1CCCCN1C)c1ccc(F)c(F)c1. The van der Waals surface area contributed by atoms with E-state index in [-0.39, 0.29) is 6.04 Å². The van der Waals surface area contributed by atoms with Gasteiger partial charge in [0.2, 0.25) is 0 Å². The summed E-state index contributed by atoms with van der Waals surface area (Å²) in [5, 5.41) is 3.41. The van der Waals surface area contributed by atoms with Gasteiger partial charge in [0.25, 0.3) is 0 Å². The van der Waals surface area contributed by atoms with Crippen molar-refractivity contribution in [2.75, 3.05) is 20.1 Å². The smallest absolute Gasteiger partial charge is 0.159 e. The molecule has 4 heteroatoms. The molecule has 19 heavy (non-hydrogen) atoms. The van der Waals surface area contributed by atoms with Crippen LogP contribution in [0.25, 0.3) is 0 Å². The van der Waals surface area contributed by atoms with E-state index in [0.29, 0.717) is 6.04 Å². The molecule has 0 aliphatic carbocycles. The van der Waals surface area contributed by atoms with Gasteiger partial charge < -0.3 is 10.2 Å². The van der Waals surface area contributed by atoms with Crippen molar-refractivity contribution in [3.8, 4) is 0 Å². The highest BCUT2D eigenvalue weighted by Crippen LogP contribution is 2.18. The van der Waals surface area contributed by atoms with Crippen molar-refractivity contribution < 1.29 is 8.78 Å². The van der Waals surface area contributed by atoms with Crippen LogP contribution in [-0.2, 0) is 0 Å². The molecule has 0 spiro atoms. The standard InChI is InChI=1S/C15H22F2N2/c1-11(12-6-7-14(16)15(17)9-12)18-10-13-5-3-4-8-19(13)2/h6-7,9,11,13,18H,3-5,8,10H2,1-2H3. The summed E-state index contributed by atoms with van der Waals surface area (Å²) in [5.41, 5.74) is 0.789. The normalized spacial score (nSPS) is 22.4. The molecular formula is C15H22F2N2. The number of rotatable bonds is 4. The van der Waals surface area contributed by atoms with E-state index in [4.69, 9.17) is 0 Å². The number of hydrogen-bond donors (Lipinski definition) is 1. The van der Waals surface area contributed by atoms with Crippen LogP contribution in [0, 0.1) is 11.6 Å². The maximum Gasteiger partial charge on any atom is 0.159 e. The Bertz CT molecular complexity index is 423. The summed E-state index contributed by atoms with van der Waals surface area (Å²) in [7, 11) is 2.15. The van der Waals surface area contributed by atoms with E-state index in [1.165, 1.54) is 31.4 Å². The Morgan fingerprint density at radius 2 is 2.11 bits per heavy atom. The fourth-order valence-electron chi connectivity index (χ4n) is 2.61. The average Bonchev–Trinajstić information content (AvgIpc) is 2.40. The molecule has 1 heterocycles. The number of nitrogens with one attached hydrogen (secondary N) is 1. The van der Waals surface area contributed by atoms with Crippen molar-refractivity contribution in [1.29, 1.82) is 0 Å². The van der Waals surface area contributed by atoms with Crippen LogP contribution in [0.4, 0.5) is 8.78 Å². The van der Waals surface area contributed by atoms with Gasteiger partial charge in [-0.15, -0.1) is 0 Å². The molecule has 106 valence electrons. The predicted octanol–water partition coefficient (Wildman–Crippen LogP) is 3.10. The molecule has 0 amide bonds. The van der Waals surface area contributed by atoms with E-state index < -0.39 is 11.6 Å². The lowest BCUT2D eigenvalue weighted by Crippen LogP contribution is -2.43. The Kier molecular flexibility index (Phi) is 4.88. The minimum absolute atomic E-state index is 0.0328. The minimum atomic E-state index is -0.789. The second-order valence-corrected chi connectivity index (χ2v) is 5.43. The summed E-state index contributed by atoms with van der Waals surface area (Å²) in [4.78, 5) is 2.37. The molecule has 1 aromatic rings. The van der Waals surface area contributed by atoms with Crippen LogP contribution in [0.1, 0.15) is 37.8 Å². The zero-order chi connectivity index (χ0) is 13.8. The molecule has 2 atom stereocenters. The van der Waals surface area contributed by atoms with E-state index in [9.17, 15) is 8.78 Å². The number of benzene rings is 1. The van der Waals surface area contributed by atoms with Gasteiger partial charge in [0.05, 0.1) is 0 Å². The number of likely N-dealkylation sites (tertiary alicyclic amines) is 1. The largest absolute Gasteiger partial charge is 0.309 e. The predicted molar refractivity (Wildman–Crippen MR) is 73.0 cm³/mol. The number of halogens is 2. The first-order chi connectivity index (χ1) is 9.08. The number of hydrogen-bond acceptors (Lipinski definition) is 2. The molecule has 1 saturated heterocycles. The molecule has 1 aliphatic heterocycles. The second kappa shape index (κ2) is 6.44. The Hall–Kier alpha value is -1.00. The first-order valence-electron chi connectivity index (χ1n) is 6.96. The first-order valence-corrected chi connectivity index (χ1v) is 6.96. The lowest BCUT2D eigenvalue weighted by molar-refractivity contribution is 0.178. The van der Waals surface area contributed by atoms with Crippen LogP contribution in [0.3, 0.4) is 0 Å². The molecule has 1 aliphatic rings. The van der Waals surface area contributed by atoms with Gasteiger partial charge in [0.1, 0.15) is 0 Å². The molecule has 1 N–H and O–H groups in total. The Labute approximate surface area is 113 Å². The van der Waals surface area contributed by atoms with E-state index in [1.54, 1.807) is 6.07 Å². The van der Waals surface area contributed by atoms with Gasteiger partial charge in [-0.3, -0.25) is 0 Å². The number of nitrogens with zero attached hydrogens (tertiary/aromatic N) is 1. The second-order valence-electron chi connectivity index (χ2n) is 5.43. The quantitative estimate of drug-likeness (QED) is 0.902. The van der Waals surface area contributed by atoms with Gasteiger partial charge in [-0.2, -0.15) is 0 Å². The fourth-order valence-corrected chi connectivity index (χ4v) is 2.61. The Balaban J connectivity index is 1.89. The molecule has 2 nitrogen and oxygen atoms in total. The molecule has 1 fully saturated rings. The van der Waals surface area contributed by atoms with Crippen molar-refractivity contribution in [2.45, 2.75) is 38.3 Å². The summed E-state index contributed by atoms with van der Waals surface area (Å²) in [5.74, 6) is -1.57. The summed E-state index contributed by atoms with van der Waals surface area (Å²) < 4.78 is 26.1. The van der Waals surface area contributed by atoms with Crippen molar-refractivity contribution in [3.05, 3.63) is 35.4 Å². The van der Waals surface area contributed by atoms with E-state index in [2.05, 4.69) is 17.3 Å². The van der Waals surface area contributed by atoms with Gasteiger partial charge in [-0.1, -0.05) is 12.5 Å². The highest BCUT2D eigenvalue weighted by molar-refractivity contribution is 5.20. The average molecular weight is 268 g/mol.